The highest BCUT2D eigenvalue weighted by Gasteiger charge is 2.14. The third kappa shape index (κ3) is 4.21. The summed E-state index contributed by atoms with van der Waals surface area (Å²) in [6, 6.07) is 8.14. The molecule has 0 aromatic heterocycles. The van der Waals surface area contributed by atoms with Crippen LogP contribution in [0.2, 0.25) is 0 Å². The van der Waals surface area contributed by atoms with E-state index in [-0.39, 0.29) is 6.04 Å². The van der Waals surface area contributed by atoms with Crippen LogP contribution in [0.1, 0.15) is 32.4 Å². The molecule has 3 heteroatoms. The SMILES string of the molecule is COc1cccc(C(C)NCC(C)(C)O)c1. The largest absolute Gasteiger partial charge is 0.497 e. The van der Waals surface area contributed by atoms with Crippen molar-refractivity contribution in [1.82, 2.24) is 5.32 Å². The molecule has 0 saturated carbocycles. The molecule has 0 aliphatic heterocycles. The van der Waals surface area contributed by atoms with Gasteiger partial charge in [-0.1, -0.05) is 12.1 Å². The van der Waals surface area contributed by atoms with Crippen LogP contribution >= 0.6 is 0 Å². The van der Waals surface area contributed by atoms with Crippen LogP contribution in [0.15, 0.2) is 24.3 Å². The first-order chi connectivity index (χ1) is 7.42. The summed E-state index contributed by atoms with van der Waals surface area (Å²) in [5.41, 5.74) is 0.469. The fourth-order valence-electron chi connectivity index (χ4n) is 1.43. The highest BCUT2D eigenvalue weighted by atomic mass is 16.5. The topological polar surface area (TPSA) is 41.5 Å². The van der Waals surface area contributed by atoms with Crippen LogP contribution in [-0.2, 0) is 0 Å². The lowest BCUT2D eigenvalue weighted by molar-refractivity contribution is 0.0770. The van der Waals surface area contributed by atoms with E-state index < -0.39 is 5.60 Å². The number of aliphatic hydroxyl groups is 1. The van der Waals surface area contributed by atoms with E-state index in [1.54, 1.807) is 21.0 Å². The highest BCUT2D eigenvalue weighted by Crippen LogP contribution is 2.18. The van der Waals surface area contributed by atoms with E-state index in [2.05, 4.69) is 12.2 Å². The molecular formula is C13H21NO2. The summed E-state index contributed by atoms with van der Waals surface area (Å²) in [4.78, 5) is 0. The minimum atomic E-state index is -0.687. The zero-order chi connectivity index (χ0) is 12.2. The molecule has 1 unspecified atom stereocenters. The molecule has 1 aromatic rings. The summed E-state index contributed by atoms with van der Waals surface area (Å²) in [6.07, 6.45) is 0. The molecular weight excluding hydrogens is 202 g/mol. The molecule has 1 rings (SSSR count). The minimum absolute atomic E-state index is 0.196. The van der Waals surface area contributed by atoms with Crippen LogP contribution in [0.4, 0.5) is 0 Å². The Morgan fingerprint density at radius 2 is 2.12 bits per heavy atom. The van der Waals surface area contributed by atoms with E-state index in [9.17, 15) is 5.11 Å². The van der Waals surface area contributed by atoms with Crippen LogP contribution in [0.5, 0.6) is 5.75 Å². The van der Waals surface area contributed by atoms with Crippen molar-refractivity contribution in [3.8, 4) is 5.75 Å². The molecule has 1 aromatic carbocycles. The maximum Gasteiger partial charge on any atom is 0.119 e. The van der Waals surface area contributed by atoms with E-state index in [0.29, 0.717) is 6.54 Å². The fraction of sp³-hybridized carbons (Fsp3) is 0.538. The highest BCUT2D eigenvalue weighted by molar-refractivity contribution is 5.30. The molecule has 0 aliphatic carbocycles. The lowest BCUT2D eigenvalue weighted by Crippen LogP contribution is -2.36. The van der Waals surface area contributed by atoms with Crippen molar-refractivity contribution >= 4 is 0 Å². The van der Waals surface area contributed by atoms with E-state index in [1.165, 1.54) is 0 Å². The van der Waals surface area contributed by atoms with E-state index >= 15 is 0 Å². The second-order valence-electron chi connectivity index (χ2n) is 4.69. The molecule has 0 spiro atoms. The van der Waals surface area contributed by atoms with Crippen LogP contribution in [-0.4, -0.2) is 24.4 Å². The van der Waals surface area contributed by atoms with Gasteiger partial charge < -0.3 is 15.2 Å². The molecule has 0 bridgehead atoms. The number of hydrogen-bond acceptors (Lipinski definition) is 3. The van der Waals surface area contributed by atoms with Gasteiger partial charge in [-0.3, -0.25) is 0 Å². The minimum Gasteiger partial charge on any atom is -0.497 e. The molecule has 0 fully saturated rings. The molecule has 0 aliphatic rings. The van der Waals surface area contributed by atoms with Gasteiger partial charge in [-0.05, 0) is 38.5 Å². The van der Waals surface area contributed by atoms with Gasteiger partial charge >= 0.3 is 0 Å². The standard InChI is InChI=1S/C13H21NO2/c1-10(14-9-13(2,3)15)11-6-5-7-12(8-11)16-4/h5-8,10,14-15H,9H2,1-4H3. The average molecular weight is 223 g/mol. The van der Waals surface area contributed by atoms with Gasteiger partial charge in [0, 0.05) is 12.6 Å². The quantitative estimate of drug-likeness (QED) is 0.803. The zero-order valence-corrected chi connectivity index (χ0v) is 10.4. The Kier molecular flexibility index (Phi) is 4.33. The lowest BCUT2D eigenvalue weighted by atomic mass is 10.1. The normalized spacial score (nSPS) is 13.6. The van der Waals surface area contributed by atoms with Crippen LogP contribution < -0.4 is 10.1 Å². The summed E-state index contributed by atoms with van der Waals surface area (Å²) in [5, 5.41) is 12.9. The zero-order valence-electron chi connectivity index (χ0n) is 10.4. The first kappa shape index (κ1) is 13.0. The predicted octanol–water partition coefficient (Wildman–Crippen LogP) is 2.12. The van der Waals surface area contributed by atoms with Gasteiger partial charge in [-0.15, -0.1) is 0 Å². The van der Waals surface area contributed by atoms with E-state index in [0.717, 1.165) is 11.3 Å². The third-order valence-electron chi connectivity index (χ3n) is 2.43. The van der Waals surface area contributed by atoms with Crippen molar-refractivity contribution in [3.63, 3.8) is 0 Å². The summed E-state index contributed by atoms with van der Waals surface area (Å²) in [7, 11) is 1.66. The van der Waals surface area contributed by atoms with Crippen molar-refractivity contribution in [1.29, 1.82) is 0 Å². The smallest absolute Gasteiger partial charge is 0.119 e. The van der Waals surface area contributed by atoms with Crippen LogP contribution in [0, 0.1) is 0 Å². The second kappa shape index (κ2) is 5.32. The monoisotopic (exact) mass is 223 g/mol. The van der Waals surface area contributed by atoms with Gasteiger partial charge in [0.15, 0.2) is 0 Å². The Balaban J connectivity index is 2.62. The van der Waals surface area contributed by atoms with Gasteiger partial charge in [0.05, 0.1) is 12.7 Å². The number of hydrogen-bond donors (Lipinski definition) is 2. The van der Waals surface area contributed by atoms with E-state index in [1.807, 2.05) is 24.3 Å². The molecule has 0 amide bonds. The predicted molar refractivity (Wildman–Crippen MR) is 65.7 cm³/mol. The second-order valence-corrected chi connectivity index (χ2v) is 4.69. The number of rotatable bonds is 5. The average Bonchev–Trinajstić information content (AvgIpc) is 2.25. The van der Waals surface area contributed by atoms with Gasteiger partial charge in [-0.2, -0.15) is 0 Å². The molecule has 3 nitrogen and oxygen atoms in total. The Bertz CT molecular complexity index is 331. The Labute approximate surface area is 97.4 Å². The molecule has 0 saturated heterocycles. The van der Waals surface area contributed by atoms with Crippen molar-refractivity contribution < 1.29 is 9.84 Å². The molecule has 90 valence electrons. The number of methoxy groups -OCH3 is 1. The van der Waals surface area contributed by atoms with Gasteiger partial charge in [0.25, 0.3) is 0 Å². The first-order valence-electron chi connectivity index (χ1n) is 5.52. The first-order valence-corrected chi connectivity index (χ1v) is 5.52. The van der Waals surface area contributed by atoms with Gasteiger partial charge in [-0.25, -0.2) is 0 Å². The number of benzene rings is 1. The van der Waals surface area contributed by atoms with Crippen molar-refractivity contribution in [2.45, 2.75) is 32.4 Å². The van der Waals surface area contributed by atoms with Crippen LogP contribution in [0.3, 0.4) is 0 Å². The van der Waals surface area contributed by atoms with Gasteiger partial charge in [0.2, 0.25) is 0 Å². The maximum absolute atomic E-state index is 9.63. The van der Waals surface area contributed by atoms with E-state index in [4.69, 9.17) is 4.74 Å². The maximum atomic E-state index is 9.63. The fourth-order valence-corrected chi connectivity index (χ4v) is 1.43. The number of ether oxygens (including phenoxy) is 1. The Morgan fingerprint density at radius 3 is 2.69 bits per heavy atom. The summed E-state index contributed by atoms with van der Waals surface area (Å²) < 4.78 is 5.17. The molecule has 16 heavy (non-hydrogen) atoms. The Hall–Kier alpha value is -1.06. The van der Waals surface area contributed by atoms with Crippen molar-refractivity contribution in [2.75, 3.05) is 13.7 Å². The summed E-state index contributed by atoms with van der Waals surface area (Å²) in [5.74, 6) is 0.856. The molecule has 0 heterocycles. The number of nitrogens with one attached hydrogen (secondary N) is 1. The summed E-state index contributed by atoms with van der Waals surface area (Å²) in [6.45, 7) is 6.21. The summed E-state index contributed by atoms with van der Waals surface area (Å²) >= 11 is 0. The Morgan fingerprint density at radius 1 is 1.44 bits per heavy atom. The van der Waals surface area contributed by atoms with Crippen molar-refractivity contribution in [2.24, 2.45) is 0 Å². The van der Waals surface area contributed by atoms with Gasteiger partial charge in [0.1, 0.15) is 5.75 Å². The molecule has 2 N–H and O–H groups in total. The molecule has 0 radical (unpaired) electrons. The van der Waals surface area contributed by atoms with Crippen molar-refractivity contribution in [3.05, 3.63) is 29.8 Å². The van der Waals surface area contributed by atoms with Crippen LogP contribution in [0.25, 0.3) is 0 Å². The third-order valence-corrected chi connectivity index (χ3v) is 2.43. The lowest BCUT2D eigenvalue weighted by Gasteiger charge is -2.22. The molecule has 1 atom stereocenters.